The lowest BCUT2D eigenvalue weighted by Gasteiger charge is -2.22. The highest BCUT2D eigenvalue weighted by atomic mass is 16.6. The van der Waals surface area contributed by atoms with Crippen LogP contribution in [0.1, 0.15) is 31.9 Å². The number of amides is 1. The van der Waals surface area contributed by atoms with Crippen molar-refractivity contribution < 1.29 is 19.0 Å². The molecule has 2 atom stereocenters. The van der Waals surface area contributed by atoms with Gasteiger partial charge in [-0.2, -0.15) is 0 Å². The van der Waals surface area contributed by atoms with Gasteiger partial charge in [0, 0.05) is 6.54 Å². The van der Waals surface area contributed by atoms with Crippen molar-refractivity contribution in [3.8, 4) is 11.5 Å². The van der Waals surface area contributed by atoms with Crippen LogP contribution in [-0.4, -0.2) is 36.8 Å². The maximum Gasteiger partial charge on any atom is 0.410 e. The molecule has 0 N–H and O–H groups in total. The average molecular weight is 277 g/mol. The Kier molecular flexibility index (Phi) is 3.42. The van der Waals surface area contributed by atoms with E-state index in [1.165, 1.54) is 0 Å². The summed E-state index contributed by atoms with van der Waals surface area (Å²) in [5.74, 6) is 1.48. The number of rotatable bonds is 3. The third kappa shape index (κ3) is 2.17. The molecule has 2 aliphatic rings. The Hall–Kier alpha value is -1.91. The third-order valence-corrected chi connectivity index (χ3v) is 3.75. The van der Waals surface area contributed by atoms with Crippen LogP contribution in [0.5, 0.6) is 11.5 Å². The summed E-state index contributed by atoms with van der Waals surface area (Å²) in [6.07, 6.45) is 0.442. The first-order chi connectivity index (χ1) is 9.70. The normalized spacial score (nSPS) is 24.7. The lowest BCUT2D eigenvalue weighted by molar-refractivity contribution is 0.129. The van der Waals surface area contributed by atoms with Gasteiger partial charge in [0.15, 0.2) is 11.5 Å². The van der Waals surface area contributed by atoms with Gasteiger partial charge in [-0.25, -0.2) is 4.79 Å². The second kappa shape index (κ2) is 5.23. The van der Waals surface area contributed by atoms with Gasteiger partial charge in [-0.15, -0.1) is 0 Å². The average Bonchev–Trinajstić information content (AvgIpc) is 2.75. The van der Waals surface area contributed by atoms with Crippen LogP contribution in [0.2, 0.25) is 0 Å². The summed E-state index contributed by atoms with van der Waals surface area (Å²) in [5.41, 5.74) is 0.953. The Bertz CT molecular complexity index is 517. The van der Waals surface area contributed by atoms with Gasteiger partial charge in [-0.1, -0.05) is 13.0 Å². The number of benzene rings is 1. The molecule has 2 heterocycles. The van der Waals surface area contributed by atoms with E-state index in [4.69, 9.17) is 14.2 Å². The van der Waals surface area contributed by atoms with E-state index in [1.807, 2.05) is 25.1 Å². The number of nitrogens with zero attached hydrogens (tertiary/aromatic N) is 1. The van der Waals surface area contributed by atoms with Crippen molar-refractivity contribution in [2.24, 2.45) is 0 Å². The Morgan fingerprint density at radius 2 is 2.00 bits per heavy atom. The molecule has 0 aliphatic carbocycles. The smallest absolute Gasteiger partial charge is 0.410 e. The second-order valence-corrected chi connectivity index (χ2v) is 5.14. The van der Waals surface area contributed by atoms with Crippen molar-refractivity contribution in [3.05, 3.63) is 23.8 Å². The number of carbonyl (C=O) groups is 1. The lowest BCUT2D eigenvalue weighted by atomic mass is 10.0. The zero-order valence-electron chi connectivity index (χ0n) is 11.8. The fraction of sp³-hybridized carbons (Fsp3) is 0.533. The molecule has 0 spiro atoms. The summed E-state index contributed by atoms with van der Waals surface area (Å²) in [7, 11) is 0. The van der Waals surface area contributed by atoms with E-state index in [1.54, 1.807) is 4.90 Å². The summed E-state index contributed by atoms with van der Waals surface area (Å²) in [4.78, 5) is 13.7. The minimum Gasteiger partial charge on any atom is -0.486 e. The molecule has 0 bridgehead atoms. The van der Waals surface area contributed by atoms with Crippen molar-refractivity contribution in [1.29, 1.82) is 0 Å². The Morgan fingerprint density at radius 3 is 2.75 bits per heavy atom. The predicted molar refractivity (Wildman–Crippen MR) is 73.1 cm³/mol. The summed E-state index contributed by atoms with van der Waals surface area (Å²) in [6, 6.07) is 5.77. The van der Waals surface area contributed by atoms with Crippen LogP contribution in [0.15, 0.2) is 18.2 Å². The highest BCUT2D eigenvalue weighted by molar-refractivity contribution is 5.71. The summed E-state index contributed by atoms with van der Waals surface area (Å²) >= 11 is 0. The topological polar surface area (TPSA) is 48.0 Å². The molecule has 1 fully saturated rings. The number of fused-ring (bicyclic) bond motifs is 1. The first-order valence-electron chi connectivity index (χ1n) is 7.07. The van der Waals surface area contributed by atoms with Crippen molar-refractivity contribution in [2.75, 3.05) is 19.8 Å². The van der Waals surface area contributed by atoms with Crippen molar-refractivity contribution in [3.63, 3.8) is 0 Å². The highest BCUT2D eigenvalue weighted by Crippen LogP contribution is 2.38. The number of ether oxygens (including phenoxy) is 3. The number of hydrogen-bond acceptors (Lipinski definition) is 4. The standard InChI is InChI=1S/C15H19NO4/c1-3-6-16-10(2)14(20-15(16)17)11-4-5-12-13(9-11)19-8-7-18-12/h4-5,9-10,14H,3,6-8H2,1-2H3. The molecule has 1 aromatic carbocycles. The van der Waals surface area contributed by atoms with Crippen LogP contribution in [0.4, 0.5) is 4.79 Å². The number of carbonyl (C=O) groups excluding carboxylic acids is 1. The molecule has 20 heavy (non-hydrogen) atoms. The Labute approximate surface area is 118 Å². The molecule has 0 saturated carbocycles. The molecule has 1 aromatic rings. The third-order valence-electron chi connectivity index (χ3n) is 3.75. The molecule has 3 rings (SSSR count). The predicted octanol–water partition coefficient (Wildman–Crippen LogP) is 2.75. The molecule has 2 unspecified atom stereocenters. The number of hydrogen-bond donors (Lipinski definition) is 0. The molecule has 0 radical (unpaired) electrons. The molecule has 2 aliphatic heterocycles. The van der Waals surface area contributed by atoms with E-state index in [2.05, 4.69) is 6.92 Å². The zero-order chi connectivity index (χ0) is 14.1. The van der Waals surface area contributed by atoms with Gasteiger partial charge in [0.05, 0.1) is 6.04 Å². The van der Waals surface area contributed by atoms with Gasteiger partial charge < -0.3 is 19.1 Å². The SMILES string of the molecule is CCCN1C(=O)OC(c2ccc3c(c2)OCCO3)C1C. The van der Waals surface area contributed by atoms with E-state index in [0.717, 1.165) is 30.0 Å². The van der Waals surface area contributed by atoms with E-state index < -0.39 is 0 Å². The molecule has 1 saturated heterocycles. The summed E-state index contributed by atoms with van der Waals surface area (Å²) in [6.45, 7) is 5.92. The molecule has 108 valence electrons. The lowest BCUT2D eigenvalue weighted by Crippen LogP contribution is -2.32. The van der Waals surface area contributed by atoms with Crippen LogP contribution in [0.25, 0.3) is 0 Å². The van der Waals surface area contributed by atoms with Crippen LogP contribution < -0.4 is 9.47 Å². The van der Waals surface area contributed by atoms with Gasteiger partial charge >= 0.3 is 6.09 Å². The molecular weight excluding hydrogens is 258 g/mol. The monoisotopic (exact) mass is 277 g/mol. The van der Waals surface area contributed by atoms with Gasteiger partial charge in [0.25, 0.3) is 0 Å². The number of cyclic esters (lactones) is 1. The van der Waals surface area contributed by atoms with Crippen molar-refractivity contribution >= 4 is 6.09 Å². The van der Waals surface area contributed by atoms with Gasteiger partial charge in [-0.05, 0) is 31.0 Å². The van der Waals surface area contributed by atoms with E-state index >= 15 is 0 Å². The largest absolute Gasteiger partial charge is 0.486 e. The molecule has 1 amide bonds. The summed E-state index contributed by atoms with van der Waals surface area (Å²) in [5, 5.41) is 0. The Morgan fingerprint density at radius 1 is 1.25 bits per heavy atom. The molecule has 5 heteroatoms. The van der Waals surface area contributed by atoms with E-state index in [0.29, 0.717) is 13.2 Å². The van der Waals surface area contributed by atoms with Gasteiger partial charge in [0.2, 0.25) is 0 Å². The van der Waals surface area contributed by atoms with Crippen LogP contribution in [0, 0.1) is 0 Å². The van der Waals surface area contributed by atoms with Crippen molar-refractivity contribution in [1.82, 2.24) is 4.90 Å². The molecule has 0 aromatic heterocycles. The minimum atomic E-state index is -0.245. The van der Waals surface area contributed by atoms with Crippen molar-refractivity contribution in [2.45, 2.75) is 32.4 Å². The first-order valence-corrected chi connectivity index (χ1v) is 7.07. The maximum absolute atomic E-state index is 11.9. The minimum absolute atomic E-state index is 0.0324. The van der Waals surface area contributed by atoms with Crippen LogP contribution >= 0.6 is 0 Å². The van der Waals surface area contributed by atoms with E-state index in [9.17, 15) is 4.79 Å². The Balaban J connectivity index is 1.84. The summed E-state index contributed by atoms with van der Waals surface area (Å²) < 4.78 is 16.6. The fourth-order valence-corrected chi connectivity index (χ4v) is 2.72. The molecular formula is C15H19NO4. The van der Waals surface area contributed by atoms with E-state index in [-0.39, 0.29) is 18.2 Å². The zero-order valence-corrected chi connectivity index (χ0v) is 11.8. The maximum atomic E-state index is 11.9. The van der Waals surface area contributed by atoms with Crippen LogP contribution in [0.3, 0.4) is 0 Å². The molecule has 5 nitrogen and oxygen atoms in total. The quantitative estimate of drug-likeness (QED) is 0.852. The highest BCUT2D eigenvalue weighted by Gasteiger charge is 2.39. The second-order valence-electron chi connectivity index (χ2n) is 5.14. The first kappa shape index (κ1) is 13.1. The van der Waals surface area contributed by atoms with Crippen LogP contribution in [-0.2, 0) is 4.74 Å². The van der Waals surface area contributed by atoms with Gasteiger partial charge in [0.1, 0.15) is 19.3 Å². The van der Waals surface area contributed by atoms with Gasteiger partial charge in [-0.3, -0.25) is 0 Å². The fourth-order valence-electron chi connectivity index (χ4n) is 2.72.